The van der Waals surface area contributed by atoms with Crippen LogP contribution >= 0.6 is 11.6 Å². The molecule has 2 aromatic rings. The van der Waals surface area contributed by atoms with Crippen LogP contribution in [-0.4, -0.2) is 23.9 Å². The first-order valence-corrected chi connectivity index (χ1v) is 8.87. The third kappa shape index (κ3) is 4.83. The van der Waals surface area contributed by atoms with Gasteiger partial charge in [-0.1, -0.05) is 54.1 Å². The number of amides is 1. The zero-order valence-electron chi connectivity index (χ0n) is 13.7. The van der Waals surface area contributed by atoms with Gasteiger partial charge in [0.25, 0.3) is 0 Å². The molecule has 1 aliphatic heterocycles. The van der Waals surface area contributed by atoms with Crippen LogP contribution in [0.2, 0.25) is 5.02 Å². The van der Waals surface area contributed by atoms with Crippen LogP contribution in [0.1, 0.15) is 24.0 Å². The lowest BCUT2D eigenvalue weighted by Gasteiger charge is -2.32. The lowest BCUT2D eigenvalue weighted by atomic mass is 9.96. The standard InChI is InChI=1S/C20H23ClN2O/c21-19-10-8-17(9-11-19)14-23-12-4-7-18(15-23)20(24)22-13-16-5-2-1-3-6-16/h1-3,5-6,8-11,18H,4,7,12-15H2,(H,22,24)/t18-/m1/s1. The summed E-state index contributed by atoms with van der Waals surface area (Å²) in [5.74, 6) is 0.245. The molecule has 0 aromatic heterocycles. The van der Waals surface area contributed by atoms with Crippen molar-refractivity contribution in [2.45, 2.75) is 25.9 Å². The minimum atomic E-state index is 0.0785. The number of likely N-dealkylation sites (tertiary alicyclic amines) is 1. The molecule has 1 heterocycles. The van der Waals surface area contributed by atoms with Crippen LogP contribution in [0.4, 0.5) is 0 Å². The van der Waals surface area contributed by atoms with Gasteiger partial charge in [-0.25, -0.2) is 0 Å². The molecule has 2 aromatic carbocycles. The number of halogens is 1. The van der Waals surface area contributed by atoms with Crippen LogP contribution in [0.25, 0.3) is 0 Å². The van der Waals surface area contributed by atoms with E-state index in [9.17, 15) is 4.79 Å². The molecule has 3 rings (SSSR count). The molecule has 1 amide bonds. The fourth-order valence-electron chi connectivity index (χ4n) is 3.19. The Hall–Kier alpha value is -1.84. The van der Waals surface area contributed by atoms with Crippen molar-refractivity contribution >= 4 is 17.5 Å². The summed E-state index contributed by atoms with van der Waals surface area (Å²) >= 11 is 5.94. The Bertz CT molecular complexity index is 657. The van der Waals surface area contributed by atoms with E-state index in [1.54, 1.807) is 0 Å². The molecule has 1 aliphatic rings. The van der Waals surface area contributed by atoms with Crippen molar-refractivity contribution in [3.8, 4) is 0 Å². The summed E-state index contributed by atoms with van der Waals surface area (Å²) < 4.78 is 0. The predicted octanol–water partition coefficient (Wildman–Crippen LogP) is 3.87. The summed E-state index contributed by atoms with van der Waals surface area (Å²) in [5.41, 5.74) is 2.38. The molecule has 24 heavy (non-hydrogen) atoms. The molecule has 1 atom stereocenters. The molecule has 0 radical (unpaired) electrons. The number of hydrogen-bond donors (Lipinski definition) is 1. The van der Waals surface area contributed by atoms with Crippen molar-refractivity contribution in [2.24, 2.45) is 5.92 Å². The summed E-state index contributed by atoms with van der Waals surface area (Å²) in [6.45, 7) is 3.35. The lowest BCUT2D eigenvalue weighted by molar-refractivity contribution is -0.126. The van der Waals surface area contributed by atoms with Gasteiger partial charge in [-0.3, -0.25) is 9.69 Å². The molecule has 126 valence electrons. The van der Waals surface area contributed by atoms with Gasteiger partial charge in [-0.15, -0.1) is 0 Å². The van der Waals surface area contributed by atoms with Crippen LogP contribution < -0.4 is 5.32 Å². The fourth-order valence-corrected chi connectivity index (χ4v) is 3.32. The lowest BCUT2D eigenvalue weighted by Crippen LogP contribution is -2.42. The van der Waals surface area contributed by atoms with Gasteiger partial charge in [-0.05, 0) is 42.6 Å². The molecular formula is C20H23ClN2O. The topological polar surface area (TPSA) is 32.3 Å². The molecular weight excluding hydrogens is 320 g/mol. The Balaban J connectivity index is 1.51. The molecule has 1 N–H and O–H groups in total. The summed E-state index contributed by atoms with van der Waals surface area (Å²) in [6, 6.07) is 18.0. The smallest absolute Gasteiger partial charge is 0.224 e. The van der Waals surface area contributed by atoms with Gasteiger partial charge in [0.15, 0.2) is 0 Å². The zero-order chi connectivity index (χ0) is 16.8. The van der Waals surface area contributed by atoms with Gasteiger partial charge < -0.3 is 5.32 Å². The molecule has 3 nitrogen and oxygen atoms in total. The average Bonchev–Trinajstić information content (AvgIpc) is 2.63. The zero-order valence-corrected chi connectivity index (χ0v) is 14.5. The van der Waals surface area contributed by atoms with Gasteiger partial charge in [-0.2, -0.15) is 0 Å². The molecule has 0 saturated carbocycles. The van der Waals surface area contributed by atoms with E-state index in [1.807, 2.05) is 42.5 Å². The number of piperidine rings is 1. The molecule has 1 saturated heterocycles. The number of carbonyl (C=O) groups excluding carboxylic acids is 1. The Morgan fingerprint density at radius 2 is 1.83 bits per heavy atom. The van der Waals surface area contributed by atoms with Crippen molar-refractivity contribution in [3.05, 3.63) is 70.7 Å². The van der Waals surface area contributed by atoms with E-state index >= 15 is 0 Å². The summed E-state index contributed by atoms with van der Waals surface area (Å²) in [7, 11) is 0. The highest BCUT2D eigenvalue weighted by Crippen LogP contribution is 2.20. The average molecular weight is 343 g/mol. The molecule has 4 heteroatoms. The van der Waals surface area contributed by atoms with Crippen molar-refractivity contribution in [1.82, 2.24) is 10.2 Å². The van der Waals surface area contributed by atoms with Crippen molar-refractivity contribution < 1.29 is 4.79 Å². The third-order valence-electron chi connectivity index (χ3n) is 4.51. The minimum absolute atomic E-state index is 0.0785. The van der Waals surface area contributed by atoms with Gasteiger partial charge in [0.05, 0.1) is 5.92 Å². The Morgan fingerprint density at radius 3 is 2.58 bits per heavy atom. The van der Waals surface area contributed by atoms with Crippen LogP contribution in [0.3, 0.4) is 0 Å². The van der Waals surface area contributed by atoms with Gasteiger partial charge in [0.2, 0.25) is 5.91 Å². The second-order valence-electron chi connectivity index (χ2n) is 6.40. The summed E-state index contributed by atoms with van der Waals surface area (Å²) in [4.78, 5) is 14.8. The molecule has 0 unspecified atom stereocenters. The van der Waals surface area contributed by atoms with Gasteiger partial charge in [0, 0.05) is 24.7 Å². The first-order chi connectivity index (χ1) is 11.7. The van der Waals surface area contributed by atoms with Crippen LogP contribution in [-0.2, 0) is 17.9 Å². The maximum Gasteiger partial charge on any atom is 0.224 e. The molecule has 0 aliphatic carbocycles. The summed E-state index contributed by atoms with van der Waals surface area (Å²) in [6.07, 6.45) is 2.04. The van der Waals surface area contributed by atoms with E-state index in [-0.39, 0.29) is 11.8 Å². The third-order valence-corrected chi connectivity index (χ3v) is 4.76. The van der Waals surface area contributed by atoms with Crippen LogP contribution in [0.5, 0.6) is 0 Å². The van der Waals surface area contributed by atoms with Gasteiger partial charge in [0.1, 0.15) is 0 Å². The SMILES string of the molecule is O=C(NCc1ccccc1)[C@@H]1CCCN(Cc2ccc(Cl)cc2)C1. The first-order valence-electron chi connectivity index (χ1n) is 8.49. The van der Waals surface area contributed by atoms with E-state index in [4.69, 9.17) is 11.6 Å². The molecule has 0 bridgehead atoms. The predicted molar refractivity (Wildman–Crippen MR) is 97.7 cm³/mol. The monoisotopic (exact) mass is 342 g/mol. The highest BCUT2D eigenvalue weighted by molar-refractivity contribution is 6.30. The number of carbonyl (C=O) groups is 1. The second-order valence-corrected chi connectivity index (χ2v) is 6.84. The van der Waals surface area contributed by atoms with Gasteiger partial charge >= 0.3 is 0 Å². The minimum Gasteiger partial charge on any atom is -0.352 e. The Morgan fingerprint density at radius 1 is 1.08 bits per heavy atom. The normalized spacial score (nSPS) is 18.3. The number of benzene rings is 2. The number of hydrogen-bond acceptors (Lipinski definition) is 2. The summed E-state index contributed by atoms with van der Waals surface area (Å²) in [5, 5.41) is 3.84. The van der Waals surface area contributed by atoms with Crippen LogP contribution in [0, 0.1) is 5.92 Å². The number of nitrogens with zero attached hydrogens (tertiary/aromatic N) is 1. The van der Waals surface area contributed by atoms with E-state index in [0.29, 0.717) is 6.54 Å². The molecule has 1 fully saturated rings. The Labute approximate surface area is 148 Å². The van der Waals surface area contributed by atoms with Crippen molar-refractivity contribution in [3.63, 3.8) is 0 Å². The first kappa shape index (κ1) is 17.0. The Kier molecular flexibility index (Phi) is 5.89. The quantitative estimate of drug-likeness (QED) is 0.894. The van der Waals surface area contributed by atoms with Crippen LogP contribution in [0.15, 0.2) is 54.6 Å². The number of rotatable bonds is 5. The fraction of sp³-hybridized carbons (Fsp3) is 0.350. The maximum atomic E-state index is 12.5. The second kappa shape index (κ2) is 8.32. The maximum absolute atomic E-state index is 12.5. The van der Waals surface area contributed by atoms with E-state index in [1.165, 1.54) is 5.56 Å². The van der Waals surface area contributed by atoms with E-state index in [2.05, 4.69) is 22.3 Å². The number of nitrogens with one attached hydrogen (secondary N) is 1. The highest BCUT2D eigenvalue weighted by Gasteiger charge is 2.25. The van der Waals surface area contributed by atoms with Crippen molar-refractivity contribution in [2.75, 3.05) is 13.1 Å². The highest BCUT2D eigenvalue weighted by atomic mass is 35.5. The van der Waals surface area contributed by atoms with Crippen molar-refractivity contribution in [1.29, 1.82) is 0 Å². The van der Waals surface area contributed by atoms with E-state index in [0.717, 1.165) is 43.1 Å². The molecule has 0 spiro atoms. The van der Waals surface area contributed by atoms with E-state index < -0.39 is 0 Å². The largest absolute Gasteiger partial charge is 0.352 e.